The molecule has 0 saturated heterocycles. The van der Waals surface area contributed by atoms with E-state index >= 15 is 0 Å². The summed E-state index contributed by atoms with van der Waals surface area (Å²) in [4.78, 5) is 9.05. The van der Waals surface area contributed by atoms with Gasteiger partial charge in [-0.2, -0.15) is 17.6 Å². The number of hydrogen-bond acceptors (Lipinski definition) is 3. The van der Waals surface area contributed by atoms with Crippen LogP contribution in [0.5, 0.6) is 5.75 Å². The SMILES string of the molecule is O=C(O)c1ccc(OC(F)(F)C(F)(F)Br)cn1. The minimum Gasteiger partial charge on any atom is -0.477 e. The summed E-state index contributed by atoms with van der Waals surface area (Å²) in [7, 11) is 0. The van der Waals surface area contributed by atoms with Crippen molar-refractivity contribution in [3.63, 3.8) is 0 Å². The van der Waals surface area contributed by atoms with Crippen LogP contribution in [0.3, 0.4) is 0 Å². The highest BCUT2D eigenvalue weighted by atomic mass is 79.9. The van der Waals surface area contributed by atoms with Crippen LogP contribution in [0.4, 0.5) is 17.6 Å². The smallest absolute Gasteiger partial charge is 0.475 e. The molecule has 1 aromatic heterocycles. The summed E-state index contributed by atoms with van der Waals surface area (Å²) < 4.78 is 53.8. The first-order chi connectivity index (χ1) is 7.63. The lowest BCUT2D eigenvalue weighted by Crippen LogP contribution is -2.40. The summed E-state index contributed by atoms with van der Waals surface area (Å²) >= 11 is 1.47. The molecule has 0 amide bonds. The van der Waals surface area contributed by atoms with E-state index in [0.717, 1.165) is 12.1 Å². The second kappa shape index (κ2) is 4.47. The van der Waals surface area contributed by atoms with Crippen LogP contribution < -0.4 is 4.74 Å². The van der Waals surface area contributed by atoms with Crippen molar-refractivity contribution in [2.24, 2.45) is 0 Å². The van der Waals surface area contributed by atoms with Gasteiger partial charge in [0.2, 0.25) is 0 Å². The molecule has 1 rings (SSSR count). The molecule has 0 spiro atoms. The number of pyridine rings is 1. The van der Waals surface area contributed by atoms with Gasteiger partial charge in [0.25, 0.3) is 0 Å². The van der Waals surface area contributed by atoms with Crippen molar-refractivity contribution in [2.75, 3.05) is 0 Å². The van der Waals surface area contributed by atoms with Gasteiger partial charge in [0, 0.05) is 15.9 Å². The molecule has 9 heteroatoms. The number of carboxylic acid groups (broad SMARTS) is 1. The van der Waals surface area contributed by atoms with Gasteiger partial charge in [0.15, 0.2) is 0 Å². The van der Waals surface area contributed by atoms with E-state index in [1.54, 1.807) is 0 Å². The molecule has 1 heterocycles. The van der Waals surface area contributed by atoms with Crippen LogP contribution in [-0.4, -0.2) is 27.0 Å². The Labute approximate surface area is 100 Å². The molecule has 0 atom stereocenters. The summed E-state index contributed by atoms with van der Waals surface area (Å²) in [6, 6.07) is 1.64. The maximum Gasteiger partial charge on any atom is 0.475 e. The number of ether oxygens (including phenoxy) is 1. The summed E-state index contributed by atoms with van der Waals surface area (Å²) in [5.41, 5.74) is -0.425. The van der Waals surface area contributed by atoms with E-state index in [-0.39, 0.29) is 0 Å². The van der Waals surface area contributed by atoms with Gasteiger partial charge >= 0.3 is 16.9 Å². The fraction of sp³-hybridized carbons (Fsp3) is 0.250. The van der Waals surface area contributed by atoms with Crippen molar-refractivity contribution in [1.29, 1.82) is 0 Å². The van der Waals surface area contributed by atoms with Crippen molar-refractivity contribution in [2.45, 2.75) is 10.9 Å². The van der Waals surface area contributed by atoms with E-state index in [0.29, 0.717) is 6.20 Å². The monoisotopic (exact) mass is 317 g/mol. The third-order valence-corrected chi connectivity index (χ3v) is 1.99. The number of carbonyl (C=O) groups is 1. The lowest BCUT2D eigenvalue weighted by atomic mass is 10.3. The second-order valence-corrected chi connectivity index (χ2v) is 3.80. The Bertz CT molecular complexity index is 418. The fourth-order valence-corrected chi connectivity index (χ4v) is 0.854. The fourth-order valence-electron chi connectivity index (χ4n) is 0.773. The van der Waals surface area contributed by atoms with Crippen molar-refractivity contribution >= 4 is 21.9 Å². The Morgan fingerprint density at radius 1 is 1.35 bits per heavy atom. The van der Waals surface area contributed by atoms with Crippen LogP contribution >= 0.6 is 15.9 Å². The van der Waals surface area contributed by atoms with E-state index in [4.69, 9.17) is 5.11 Å². The summed E-state index contributed by atoms with van der Waals surface area (Å²) in [5, 5.41) is 8.46. The van der Waals surface area contributed by atoms with E-state index in [1.807, 2.05) is 0 Å². The maximum atomic E-state index is 12.7. The molecule has 0 aliphatic carbocycles. The van der Waals surface area contributed by atoms with Crippen molar-refractivity contribution < 1.29 is 32.2 Å². The predicted octanol–water partition coefficient (Wildman–Crippen LogP) is 2.74. The predicted molar refractivity (Wildman–Crippen MR) is 50.6 cm³/mol. The topological polar surface area (TPSA) is 59.4 Å². The molecular formula is C8H4BrF4NO3. The molecule has 1 aromatic rings. The normalized spacial score (nSPS) is 12.3. The van der Waals surface area contributed by atoms with E-state index < -0.39 is 28.4 Å². The van der Waals surface area contributed by atoms with Gasteiger partial charge in [-0.25, -0.2) is 9.78 Å². The average molecular weight is 318 g/mol. The van der Waals surface area contributed by atoms with Gasteiger partial charge in [-0.3, -0.25) is 0 Å². The molecule has 0 fully saturated rings. The number of aromatic carboxylic acids is 1. The molecule has 0 aliphatic rings. The van der Waals surface area contributed by atoms with Gasteiger partial charge in [-0.1, -0.05) is 0 Å². The molecule has 94 valence electrons. The van der Waals surface area contributed by atoms with Crippen LogP contribution in [0.2, 0.25) is 0 Å². The number of carboxylic acids is 1. The zero-order valence-electron chi connectivity index (χ0n) is 7.83. The number of aromatic nitrogens is 1. The largest absolute Gasteiger partial charge is 0.477 e. The van der Waals surface area contributed by atoms with E-state index in [9.17, 15) is 22.4 Å². The molecule has 4 nitrogen and oxygen atoms in total. The Morgan fingerprint density at radius 2 is 1.94 bits per heavy atom. The number of halogens is 5. The molecule has 0 aromatic carbocycles. The van der Waals surface area contributed by atoms with Crippen molar-refractivity contribution in [1.82, 2.24) is 4.98 Å². The molecule has 0 bridgehead atoms. The van der Waals surface area contributed by atoms with E-state index in [1.165, 1.54) is 15.9 Å². The number of hydrogen-bond donors (Lipinski definition) is 1. The molecule has 1 N–H and O–H groups in total. The van der Waals surface area contributed by atoms with Gasteiger partial charge in [-0.05, 0) is 12.1 Å². The third kappa shape index (κ3) is 3.29. The lowest BCUT2D eigenvalue weighted by molar-refractivity contribution is -0.266. The molecular weight excluding hydrogens is 314 g/mol. The van der Waals surface area contributed by atoms with Crippen molar-refractivity contribution in [3.05, 3.63) is 24.0 Å². The van der Waals surface area contributed by atoms with Crippen LogP contribution in [0, 0.1) is 0 Å². The molecule has 0 aliphatic heterocycles. The molecule has 0 saturated carbocycles. The quantitative estimate of drug-likeness (QED) is 0.685. The van der Waals surface area contributed by atoms with Gasteiger partial charge in [0.05, 0.1) is 6.20 Å². The Balaban J connectivity index is 2.86. The Kier molecular flexibility index (Phi) is 3.60. The number of rotatable bonds is 4. The van der Waals surface area contributed by atoms with E-state index in [2.05, 4.69) is 9.72 Å². The standard InChI is InChI=1S/C8H4BrF4NO3/c9-7(10,11)8(12,13)17-4-1-2-5(6(15)16)14-3-4/h1-3H,(H,15,16). The van der Waals surface area contributed by atoms with Gasteiger partial charge in [0.1, 0.15) is 11.4 Å². The molecule has 17 heavy (non-hydrogen) atoms. The first-order valence-corrected chi connectivity index (χ1v) is 4.76. The van der Waals surface area contributed by atoms with Gasteiger partial charge in [-0.15, -0.1) is 0 Å². The zero-order valence-corrected chi connectivity index (χ0v) is 9.42. The summed E-state index contributed by atoms with van der Waals surface area (Å²) in [5.74, 6) is -2.06. The molecule has 0 radical (unpaired) electrons. The zero-order chi connectivity index (χ0) is 13.3. The maximum absolute atomic E-state index is 12.7. The Morgan fingerprint density at radius 3 is 2.29 bits per heavy atom. The minimum absolute atomic E-state index is 0.425. The highest BCUT2D eigenvalue weighted by Gasteiger charge is 2.57. The van der Waals surface area contributed by atoms with Crippen LogP contribution in [0.15, 0.2) is 18.3 Å². The highest BCUT2D eigenvalue weighted by molar-refractivity contribution is 9.10. The second-order valence-electron chi connectivity index (χ2n) is 2.80. The number of alkyl halides is 5. The van der Waals surface area contributed by atoms with Crippen molar-refractivity contribution in [3.8, 4) is 5.75 Å². The minimum atomic E-state index is -4.78. The summed E-state index contributed by atoms with van der Waals surface area (Å²) in [6.45, 7) is 0. The lowest BCUT2D eigenvalue weighted by Gasteiger charge is -2.21. The third-order valence-electron chi connectivity index (χ3n) is 1.53. The molecule has 0 unspecified atom stereocenters. The van der Waals surface area contributed by atoms with Gasteiger partial charge < -0.3 is 9.84 Å². The van der Waals surface area contributed by atoms with Crippen LogP contribution in [-0.2, 0) is 0 Å². The summed E-state index contributed by atoms with van der Waals surface area (Å²) in [6.07, 6.45) is -4.17. The number of nitrogens with zero attached hydrogens (tertiary/aromatic N) is 1. The average Bonchev–Trinajstić information content (AvgIpc) is 2.16. The Hall–Kier alpha value is -1.38. The first-order valence-electron chi connectivity index (χ1n) is 3.96. The van der Waals surface area contributed by atoms with Crippen LogP contribution in [0.1, 0.15) is 10.5 Å². The first kappa shape index (κ1) is 13.7. The highest BCUT2D eigenvalue weighted by Crippen LogP contribution is 2.40. The van der Waals surface area contributed by atoms with Crippen LogP contribution in [0.25, 0.3) is 0 Å².